The fourth-order valence-corrected chi connectivity index (χ4v) is 2.78. The molecule has 6 nitrogen and oxygen atoms in total. The Morgan fingerprint density at radius 3 is 2.29 bits per heavy atom. The SMILES string of the molecule is CNC1(NC)OC(NC)(OC(C)C)C(O)c2ccccc21. The van der Waals surface area contributed by atoms with Crippen LogP contribution in [0.2, 0.25) is 0 Å². The molecule has 118 valence electrons. The molecule has 0 aromatic heterocycles. The summed E-state index contributed by atoms with van der Waals surface area (Å²) in [5.41, 5.74) is 1.59. The highest BCUT2D eigenvalue weighted by atomic mass is 16.8. The normalized spacial score (nSPS) is 27.7. The van der Waals surface area contributed by atoms with E-state index in [2.05, 4.69) is 16.0 Å². The Hall–Kier alpha value is -1.02. The van der Waals surface area contributed by atoms with Gasteiger partial charge in [-0.25, -0.2) is 0 Å². The second-order valence-electron chi connectivity index (χ2n) is 5.36. The number of aliphatic hydroxyl groups is 1. The van der Waals surface area contributed by atoms with E-state index in [1.807, 2.05) is 38.1 Å². The third-order valence-corrected chi connectivity index (χ3v) is 3.76. The maximum atomic E-state index is 10.8. The summed E-state index contributed by atoms with van der Waals surface area (Å²) in [4.78, 5) is 0. The second-order valence-corrected chi connectivity index (χ2v) is 5.36. The number of nitrogens with one attached hydrogen (secondary N) is 3. The molecule has 1 heterocycles. The Kier molecular flexibility index (Phi) is 4.67. The Bertz CT molecular complexity index is 491. The third-order valence-electron chi connectivity index (χ3n) is 3.76. The van der Waals surface area contributed by atoms with Crippen LogP contribution < -0.4 is 16.0 Å². The first-order valence-corrected chi connectivity index (χ1v) is 7.17. The molecule has 2 rings (SSSR count). The first kappa shape index (κ1) is 16.4. The highest BCUT2D eigenvalue weighted by molar-refractivity contribution is 5.36. The van der Waals surface area contributed by atoms with Gasteiger partial charge in [-0.3, -0.25) is 20.7 Å². The van der Waals surface area contributed by atoms with E-state index in [0.717, 1.165) is 11.1 Å². The van der Waals surface area contributed by atoms with Gasteiger partial charge in [0.25, 0.3) is 5.91 Å². The Labute approximate surface area is 125 Å². The van der Waals surface area contributed by atoms with Crippen LogP contribution >= 0.6 is 0 Å². The lowest BCUT2D eigenvalue weighted by atomic mass is 9.92. The molecule has 0 saturated heterocycles. The van der Waals surface area contributed by atoms with Crippen LogP contribution in [0.15, 0.2) is 24.3 Å². The summed E-state index contributed by atoms with van der Waals surface area (Å²) < 4.78 is 12.0. The molecule has 4 N–H and O–H groups in total. The summed E-state index contributed by atoms with van der Waals surface area (Å²) in [7, 11) is 5.29. The summed E-state index contributed by atoms with van der Waals surface area (Å²) in [6.45, 7) is 3.80. The van der Waals surface area contributed by atoms with E-state index in [1.54, 1.807) is 21.1 Å². The van der Waals surface area contributed by atoms with Crippen LogP contribution in [0.1, 0.15) is 31.1 Å². The number of ether oxygens (including phenoxy) is 2. The van der Waals surface area contributed by atoms with Crippen molar-refractivity contribution >= 4 is 0 Å². The molecule has 1 aromatic carbocycles. The topological polar surface area (TPSA) is 74.8 Å². The number of likely N-dealkylation sites (N-methyl/N-ethyl adjacent to an activating group) is 1. The molecule has 6 heteroatoms. The number of rotatable bonds is 5. The van der Waals surface area contributed by atoms with Crippen LogP contribution in [0.4, 0.5) is 0 Å². The van der Waals surface area contributed by atoms with E-state index in [1.165, 1.54) is 0 Å². The zero-order valence-electron chi connectivity index (χ0n) is 13.2. The fraction of sp³-hybridized carbons (Fsp3) is 0.600. The van der Waals surface area contributed by atoms with Crippen LogP contribution in [0, 0.1) is 0 Å². The molecule has 0 radical (unpaired) electrons. The van der Waals surface area contributed by atoms with Gasteiger partial charge in [0.2, 0.25) is 5.85 Å². The van der Waals surface area contributed by atoms with Crippen LogP contribution in [-0.4, -0.2) is 38.3 Å². The standard InChI is InChI=1S/C15H25N3O3/c1-10(2)20-15(18-5)13(19)11-8-6-7-9-12(11)14(16-3,17-4)21-15/h6-10,13,16-19H,1-5H3. The molecule has 1 aliphatic heterocycles. The molecule has 2 unspecified atom stereocenters. The predicted molar refractivity (Wildman–Crippen MR) is 80.3 cm³/mol. The zero-order valence-corrected chi connectivity index (χ0v) is 13.2. The van der Waals surface area contributed by atoms with Crippen LogP contribution in [-0.2, 0) is 15.3 Å². The highest BCUT2D eigenvalue weighted by Gasteiger charge is 2.54. The van der Waals surface area contributed by atoms with Gasteiger partial charge in [0.15, 0.2) is 0 Å². The number of hydrogen-bond acceptors (Lipinski definition) is 6. The molecular formula is C15H25N3O3. The van der Waals surface area contributed by atoms with Crippen molar-refractivity contribution in [2.24, 2.45) is 0 Å². The summed E-state index contributed by atoms with van der Waals surface area (Å²) in [6.07, 6.45) is -1.07. The van der Waals surface area contributed by atoms with Crippen molar-refractivity contribution in [3.05, 3.63) is 35.4 Å². The number of benzene rings is 1. The molecule has 0 bridgehead atoms. The van der Waals surface area contributed by atoms with Gasteiger partial charge in [-0.15, -0.1) is 0 Å². The molecule has 1 aliphatic rings. The van der Waals surface area contributed by atoms with Gasteiger partial charge in [0.05, 0.1) is 6.10 Å². The number of aliphatic hydroxyl groups excluding tert-OH is 1. The van der Waals surface area contributed by atoms with Crippen LogP contribution in [0.3, 0.4) is 0 Å². The first-order valence-electron chi connectivity index (χ1n) is 7.17. The van der Waals surface area contributed by atoms with Gasteiger partial charge in [-0.2, -0.15) is 0 Å². The van der Waals surface area contributed by atoms with Gasteiger partial charge < -0.3 is 9.84 Å². The Morgan fingerprint density at radius 2 is 1.76 bits per heavy atom. The molecular weight excluding hydrogens is 270 g/mol. The van der Waals surface area contributed by atoms with Crippen LogP contribution in [0.5, 0.6) is 0 Å². The van der Waals surface area contributed by atoms with E-state index in [9.17, 15) is 5.11 Å². The molecule has 1 aromatic rings. The van der Waals surface area contributed by atoms with E-state index in [0.29, 0.717) is 0 Å². The summed E-state index contributed by atoms with van der Waals surface area (Å²) in [6, 6.07) is 7.59. The van der Waals surface area contributed by atoms with Gasteiger partial charge in [0.1, 0.15) is 6.10 Å². The Morgan fingerprint density at radius 1 is 1.14 bits per heavy atom. The summed E-state index contributed by atoms with van der Waals surface area (Å²) in [5, 5.41) is 20.0. The lowest BCUT2D eigenvalue weighted by Gasteiger charge is -2.50. The van der Waals surface area contributed by atoms with Crippen molar-refractivity contribution in [2.75, 3.05) is 21.1 Å². The van der Waals surface area contributed by atoms with Gasteiger partial charge in [-0.1, -0.05) is 24.3 Å². The lowest BCUT2D eigenvalue weighted by molar-refractivity contribution is -0.375. The smallest absolute Gasteiger partial charge is 0.262 e. The average Bonchev–Trinajstić information content (AvgIpc) is 2.50. The first-order chi connectivity index (χ1) is 9.94. The zero-order chi connectivity index (χ0) is 15.7. The van der Waals surface area contributed by atoms with Crippen molar-refractivity contribution in [1.29, 1.82) is 0 Å². The predicted octanol–water partition coefficient (Wildman–Crippen LogP) is 0.598. The number of fused-ring (bicyclic) bond motifs is 1. The molecule has 0 fully saturated rings. The molecule has 0 spiro atoms. The van der Waals surface area contributed by atoms with E-state index in [-0.39, 0.29) is 6.10 Å². The van der Waals surface area contributed by atoms with E-state index < -0.39 is 17.9 Å². The average molecular weight is 295 g/mol. The summed E-state index contributed by atoms with van der Waals surface area (Å²) >= 11 is 0. The number of hydrogen-bond donors (Lipinski definition) is 4. The maximum Gasteiger partial charge on any atom is 0.262 e. The maximum absolute atomic E-state index is 10.8. The van der Waals surface area contributed by atoms with Gasteiger partial charge in [-0.05, 0) is 40.6 Å². The van der Waals surface area contributed by atoms with Crippen molar-refractivity contribution in [1.82, 2.24) is 16.0 Å². The minimum Gasteiger partial charge on any atom is -0.381 e. The second kappa shape index (κ2) is 6.00. The van der Waals surface area contributed by atoms with Crippen molar-refractivity contribution < 1.29 is 14.6 Å². The molecule has 0 amide bonds. The minimum absolute atomic E-state index is 0.122. The monoisotopic (exact) mass is 295 g/mol. The Balaban J connectivity index is 2.60. The van der Waals surface area contributed by atoms with E-state index in [4.69, 9.17) is 9.47 Å². The fourth-order valence-electron chi connectivity index (χ4n) is 2.78. The van der Waals surface area contributed by atoms with Crippen molar-refractivity contribution in [3.63, 3.8) is 0 Å². The van der Waals surface area contributed by atoms with Gasteiger partial charge in [0, 0.05) is 5.56 Å². The van der Waals surface area contributed by atoms with Crippen molar-refractivity contribution in [3.8, 4) is 0 Å². The van der Waals surface area contributed by atoms with Crippen LogP contribution in [0.25, 0.3) is 0 Å². The third kappa shape index (κ3) is 2.59. The molecule has 0 saturated carbocycles. The molecule has 0 aliphatic carbocycles. The van der Waals surface area contributed by atoms with Gasteiger partial charge >= 0.3 is 0 Å². The quantitative estimate of drug-likeness (QED) is 0.596. The van der Waals surface area contributed by atoms with Crippen molar-refractivity contribution in [2.45, 2.75) is 37.8 Å². The highest BCUT2D eigenvalue weighted by Crippen LogP contribution is 2.43. The van der Waals surface area contributed by atoms with E-state index >= 15 is 0 Å². The summed E-state index contributed by atoms with van der Waals surface area (Å²) in [5.74, 6) is -2.29. The minimum atomic E-state index is -1.34. The molecule has 21 heavy (non-hydrogen) atoms. The largest absolute Gasteiger partial charge is 0.381 e. The molecule has 2 atom stereocenters. The lowest BCUT2D eigenvalue weighted by Crippen LogP contribution is -2.68.